The third-order valence-corrected chi connectivity index (χ3v) is 3.01. The molecule has 0 bridgehead atoms. The molecule has 18 heavy (non-hydrogen) atoms. The summed E-state index contributed by atoms with van der Waals surface area (Å²) in [5.41, 5.74) is 1.94. The molecule has 1 aliphatic heterocycles. The molecule has 3 nitrogen and oxygen atoms in total. The summed E-state index contributed by atoms with van der Waals surface area (Å²) in [6, 6.07) is 5.06. The lowest BCUT2D eigenvalue weighted by Crippen LogP contribution is -2.03. The van der Waals surface area contributed by atoms with Gasteiger partial charge in [0.2, 0.25) is 0 Å². The van der Waals surface area contributed by atoms with E-state index in [1.807, 2.05) is 0 Å². The Labute approximate surface area is 115 Å². The minimum absolute atomic E-state index is 0.173. The molecule has 0 saturated heterocycles. The van der Waals surface area contributed by atoms with Gasteiger partial charge in [0.1, 0.15) is 16.8 Å². The van der Waals surface area contributed by atoms with Crippen molar-refractivity contribution in [3.05, 3.63) is 45.5 Å². The zero-order valence-corrected chi connectivity index (χ0v) is 11.1. The first-order chi connectivity index (χ1) is 8.61. The number of benzene rings is 1. The van der Waals surface area contributed by atoms with Gasteiger partial charge in [0.15, 0.2) is 0 Å². The number of fused-ring (bicyclic) bond motifs is 1. The Morgan fingerprint density at radius 3 is 2.78 bits per heavy atom. The van der Waals surface area contributed by atoms with Gasteiger partial charge in [-0.3, -0.25) is 0 Å². The molecular weight excluding hydrogens is 275 g/mol. The van der Waals surface area contributed by atoms with Crippen molar-refractivity contribution >= 4 is 35.2 Å². The van der Waals surface area contributed by atoms with Crippen LogP contribution in [0.3, 0.4) is 0 Å². The zero-order valence-electron chi connectivity index (χ0n) is 9.57. The number of halogens is 2. The fourth-order valence-electron chi connectivity index (χ4n) is 1.57. The number of methoxy groups -OCH3 is 1. The highest BCUT2D eigenvalue weighted by Gasteiger charge is 2.12. The molecule has 0 saturated carbocycles. The van der Waals surface area contributed by atoms with Gasteiger partial charge < -0.3 is 9.47 Å². The van der Waals surface area contributed by atoms with E-state index in [1.165, 1.54) is 7.11 Å². The summed E-state index contributed by atoms with van der Waals surface area (Å²) < 4.78 is 10.4. The molecule has 5 heteroatoms. The minimum Gasteiger partial charge on any atom is -0.488 e. The third-order valence-electron chi connectivity index (χ3n) is 2.52. The Morgan fingerprint density at radius 2 is 2.11 bits per heavy atom. The topological polar surface area (TPSA) is 35.5 Å². The largest absolute Gasteiger partial charge is 0.488 e. The first kappa shape index (κ1) is 13.0. The summed E-state index contributed by atoms with van der Waals surface area (Å²) in [6.45, 7) is 0.295. The van der Waals surface area contributed by atoms with E-state index in [0.717, 1.165) is 5.56 Å². The number of hydrogen-bond acceptors (Lipinski definition) is 3. The number of carbonyl (C=O) groups excluding carboxylic acids is 1. The summed E-state index contributed by atoms with van der Waals surface area (Å²) in [5.74, 6) is 0.282. The van der Waals surface area contributed by atoms with Crippen molar-refractivity contribution in [3.63, 3.8) is 0 Å². The Hall–Kier alpha value is -1.45. The van der Waals surface area contributed by atoms with Gasteiger partial charge >= 0.3 is 5.97 Å². The van der Waals surface area contributed by atoms with Crippen molar-refractivity contribution in [1.82, 2.24) is 0 Å². The average Bonchev–Trinajstić information content (AvgIpc) is 2.59. The second-order valence-corrected chi connectivity index (χ2v) is 4.60. The molecule has 1 aromatic rings. The third kappa shape index (κ3) is 2.68. The fourth-order valence-corrected chi connectivity index (χ4v) is 1.80. The summed E-state index contributed by atoms with van der Waals surface area (Å²) >= 11 is 11.4. The van der Waals surface area contributed by atoms with E-state index < -0.39 is 0 Å². The SMILES string of the molecule is COC(=O)c1ccc2c(c1)C=CC(=C(Cl)Cl)CO2. The molecule has 0 aliphatic carbocycles. The highest BCUT2D eigenvalue weighted by molar-refractivity contribution is 6.56. The molecular formula is C13H10Cl2O3. The summed E-state index contributed by atoms with van der Waals surface area (Å²) in [7, 11) is 1.34. The Kier molecular flexibility index (Phi) is 3.94. The van der Waals surface area contributed by atoms with Crippen LogP contribution in [-0.2, 0) is 4.74 Å². The highest BCUT2D eigenvalue weighted by Crippen LogP contribution is 2.28. The smallest absolute Gasteiger partial charge is 0.337 e. The number of esters is 1. The van der Waals surface area contributed by atoms with Crippen molar-refractivity contribution in [3.8, 4) is 5.75 Å². The Morgan fingerprint density at radius 1 is 1.33 bits per heavy atom. The van der Waals surface area contributed by atoms with Gasteiger partial charge in [0, 0.05) is 11.1 Å². The van der Waals surface area contributed by atoms with Crippen LogP contribution in [0.5, 0.6) is 5.75 Å². The lowest BCUT2D eigenvalue weighted by molar-refractivity contribution is 0.0600. The van der Waals surface area contributed by atoms with Crippen LogP contribution in [0.15, 0.2) is 34.3 Å². The highest BCUT2D eigenvalue weighted by atomic mass is 35.5. The standard InChI is InChI=1S/C13H10Cl2O3/c1-17-13(16)9-4-5-11-8(6-9)2-3-10(7-18-11)12(14)15/h2-6H,7H2,1H3. The van der Waals surface area contributed by atoms with Crippen LogP contribution in [0.2, 0.25) is 0 Å². The quantitative estimate of drug-likeness (QED) is 0.740. The van der Waals surface area contributed by atoms with Gasteiger partial charge in [-0.05, 0) is 18.2 Å². The Balaban J connectivity index is 2.39. The normalized spacial score (nSPS) is 13.4. The molecule has 0 atom stereocenters. The number of ether oxygens (including phenoxy) is 2. The van der Waals surface area contributed by atoms with E-state index in [9.17, 15) is 4.79 Å². The van der Waals surface area contributed by atoms with Crippen molar-refractivity contribution in [2.75, 3.05) is 13.7 Å². The zero-order chi connectivity index (χ0) is 13.1. The lowest BCUT2D eigenvalue weighted by atomic mass is 10.1. The van der Waals surface area contributed by atoms with Crippen LogP contribution in [0.1, 0.15) is 15.9 Å². The fraction of sp³-hybridized carbons (Fsp3) is 0.154. The molecule has 1 aliphatic rings. The monoisotopic (exact) mass is 284 g/mol. The van der Waals surface area contributed by atoms with E-state index in [-0.39, 0.29) is 10.5 Å². The van der Waals surface area contributed by atoms with E-state index in [0.29, 0.717) is 23.5 Å². The maximum Gasteiger partial charge on any atom is 0.337 e. The molecule has 0 unspecified atom stereocenters. The summed E-state index contributed by atoms with van der Waals surface area (Å²) in [4.78, 5) is 11.4. The summed E-state index contributed by atoms with van der Waals surface area (Å²) in [5, 5.41) is 0. The van der Waals surface area contributed by atoms with Gasteiger partial charge in [-0.25, -0.2) is 4.79 Å². The van der Waals surface area contributed by atoms with Gasteiger partial charge in [-0.15, -0.1) is 0 Å². The molecule has 1 heterocycles. The average molecular weight is 285 g/mol. The van der Waals surface area contributed by atoms with Gasteiger partial charge in [-0.2, -0.15) is 0 Å². The van der Waals surface area contributed by atoms with Crippen molar-refractivity contribution in [1.29, 1.82) is 0 Å². The van der Waals surface area contributed by atoms with Crippen LogP contribution in [0, 0.1) is 0 Å². The van der Waals surface area contributed by atoms with E-state index >= 15 is 0 Å². The molecule has 2 rings (SSSR count). The first-order valence-corrected chi connectivity index (χ1v) is 5.95. The van der Waals surface area contributed by atoms with E-state index in [4.69, 9.17) is 27.9 Å². The summed E-state index contributed by atoms with van der Waals surface area (Å²) in [6.07, 6.45) is 3.57. The maximum atomic E-state index is 11.4. The molecule has 0 fully saturated rings. The second kappa shape index (κ2) is 5.46. The Bertz CT molecular complexity index is 543. The van der Waals surface area contributed by atoms with Gasteiger partial charge in [0.05, 0.1) is 12.7 Å². The minimum atomic E-state index is -0.387. The first-order valence-electron chi connectivity index (χ1n) is 5.19. The molecule has 0 N–H and O–H groups in total. The predicted octanol–water partition coefficient (Wildman–Crippen LogP) is 3.57. The van der Waals surface area contributed by atoms with Crippen LogP contribution in [-0.4, -0.2) is 19.7 Å². The van der Waals surface area contributed by atoms with Crippen molar-refractivity contribution < 1.29 is 14.3 Å². The van der Waals surface area contributed by atoms with Crippen LogP contribution < -0.4 is 4.74 Å². The number of carbonyl (C=O) groups is 1. The molecule has 0 amide bonds. The molecule has 0 aromatic heterocycles. The number of hydrogen-bond donors (Lipinski definition) is 0. The van der Waals surface area contributed by atoms with Crippen LogP contribution in [0.4, 0.5) is 0 Å². The molecule has 0 radical (unpaired) electrons. The van der Waals surface area contributed by atoms with Crippen LogP contribution in [0.25, 0.3) is 6.08 Å². The van der Waals surface area contributed by atoms with Gasteiger partial charge in [-0.1, -0.05) is 35.4 Å². The van der Waals surface area contributed by atoms with Crippen LogP contribution >= 0.6 is 23.2 Å². The second-order valence-electron chi connectivity index (χ2n) is 3.65. The number of rotatable bonds is 1. The molecule has 1 aromatic carbocycles. The van der Waals surface area contributed by atoms with Crippen molar-refractivity contribution in [2.45, 2.75) is 0 Å². The maximum absolute atomic E-state index is 11.4. The predicted molar refractivity (Wildman–Crippen MR) is 71.0 cm³/mol. The van der Waals surface area contributed by atoms with E-state index in [2.05, 4.69) is 4.74 Å². The lowest BCUT2D eigenvalue weighted by Gasteiger charge is -2.08. The molecule has 94 valence electrons. The molecule has 0 spiro atoms. The van der Waals surface area contributed by atoms with Crippen molar-refractivity contribution in [2.24, 2.45) is 0 Å². The van der Waals surface area contributed by atoms with E-state index in [1.54, 1.807) is 30.4 Å². The van der Waals surface area contributed by atoms with Gasteiger partial charge in [0.25, 0.3) is 0 Å².